The summed E-state index contributed by atoms with van der Waals surface area (Å²) in [6.45, 7) is 2.11. The van der Waals surface area contributed by atoms with Crippen LogP contribution >= 0.6 is 15.9 Å². The lowest BCUT2D eigenvalue weighted by molar-refractivity contribution is -0.125. The average Bonchev–Trinajstić information content (AvgIpc) is 2.82. The largest absolute Gasteiger partial charge is 0.353 e. The Kier molecular flexibility index (Phi) is 3.70. The van der Waals surface area contributed by atoms with Crippen LogP contribution in [0.15, 0.2) is 0 Å². The number of rotatable bonds is 5. The van der Waals surface area contributed by atoms with Crippen LogP contribution < -0.4 is 5.32 Å². The Bertz CT molecular complexity index is 234. The molecule has 0 aromatic heterocycles. The molecule has 2 fully saturated rings. The molecular formula is C12H20BrNO. The molecule has 86 valence electrons. The van der Waals surface area contributed by atoms with E-state index < -0.39 is 0 Å². The summed E-state index contributed by atoms with van der Waals surface area (Å²) >= 11 is 3.41. The third kappa shape index (κ3) is 2.96. The van der Waals surface area contributed by atoms with E-state index in [1.54, 1.807) is 0 Å². The van der Waals surface area contributed by atoms with E-state index in [0.29, 0.717) is 17.9 Å². The van der Waals surface area contributed by atoms with Gasteiger partial charge in [-0.15, -0.1) is 0 Å². The fourth-order valence-electron chi connectivity index (χ4n) is 2.75. The maximum atomic E-state index is 11.9. The number of carbonyl (C=O) groups is 1. The maximum Gasteiger partial charge on any atom is 0.223 e. The Morgan fingerprint density at radius 1 is 1.40 bits per heavy atom. The molecule has 0 radical (unpaired) electrons. The normalized spacial score (nSPS) is 34.7. The van der Waals surface area contributed by atoms with E-state index in [0.717, 1.165) is 42.8 Å². The van der Waals surface area contributed by atoms with Crippen molar-refractivity contribution in [1.29, 1.82) is 0 Å². The molecule has 3 heteroatoms. The van der Waals surface area contributed by atoms with Gasteiger partial charge in [0.1, 0.15) is 0 Å². The van der Waals surface area contributed by atoms with Gasteiger partial charge in [-0.25, -0.2) is 0 Å². The molecule has 3 unspecified atom stereocenters. The van der Waals surface area contributed by atoms with Crippen LogP contribution in [0, 0.1) is 17.8 Å². The van der Waals surface area contributed by atoms with E-state index >= 15 is 0 Å². The van der Waals surface area contributed by atoms with E-state index in [9.17, 15) is 4.79 Å². The number of alkyl halides is 1. The third-order valence-corrected chi connectivity index (χ3v) is 4.33. The molecule has 0 saturated heterocycles. The average molecular weight is 274 g/mol. The Morgan fingerprint density at radius 3 is 2.67 bits per heavy atom. The highest BCUT2D eigenvalue weighted by atomic mass is 79.9. The highest BCUT2D eigenvalue weighted by Crippen LogP contribution is 2.54. The van der Waals surface area contributed by atoms with Crippen molar-refractivity contribution in [3.05, 3.63) is 0 Å². The number of hydrogen-bond donors (Lipinski definition) is 1. The van der Waals surface area contributed by atoms with Gasteiger partial charge in [-0.2, -0.15) is 0 Å². The summed E-state index contributed by atoms with van der Waals surface area (Å²) < 4.78 is 0. The van der Waals surface area contributed by atoms with E-state index in [1.807, 2.05) is 0 Å². The van der Waals surface area contributed by atoms with Gasteiger partial charge in [0, 0.05) is 17.3 Å². The van der Waals surface area contributed by atoms with Crippen LogP contribution in [0.2, 0.25) is 0 Å². The number of amides is 1. The molecule has 0 aromatic carbocycles. The summed E-state index contributed by atoms with van der Waals surface area (Å²) in [6.07, 6.45) is 5.92. The van der Waals surface area contributed by atoms with Gasteiger partial charge in [-0.05, 0) is 50.9 Å². The van der Waals surface area contributed by atoms with Gasteiger partial charge in [-0.1, -0.05) is 15.9 Å². The summed E-state index contributed by atoms with van der Waals surface area (Å²) in [6, 6.07) is 0.340. The number of fused-ring (bicyclic) bond motifs is 1. The first-order valence-corrected chi connectivity index (χ1v) is 7.19. The van der Waals surface area contributed by atoms with E-state index in [-0.39, 0.29) is 0 Å². The number of halogens is 1. The predicted octanol–water partition coefficient (Wildman–Crippen LogP) is 2.71. The number of carbonyl (C=O) groups excluding carboxylic acids is 1. The van der Waals surface area contributed by atoms with Crippen LogP contribution in [0.25, 0.3) is 0 Å². The Morgan fingerprint density at radius 2 is 2.07 bits per heavy atom. The molecule has 3 atom stereocenters. The monoisotopic (exact) mass is 273 g/mol. The molecule has 0 spiro atoms. The smallest absolute Gasteiger partial charge is 0.223 e. The van der Waals surface area contributed by atoms with E-state index in [1.165, 1.54) is 6.42 Å². The molecule has 1 N–H and O–H groups in total. The lowest BCUT2D eigenvalue weighted by Crippen LogP contribution is -2.36. The molecular weight excluding hydrogens is 254 g/mol. The van der Waals surface area contributed by atoms with Gasteiger partial charge < -0.3 is 5.32 Å². The lowest BCUT2D eigenvalue weighted by atomic mass is 10.0. The summed E-state index contributed by atoms with van der Waals surface area (Å²) in [5, 5.41) is 4.17. The van der Waals surface area contributed by atoms with Crippen molar-refractivity contribution in [3.8, 4) is 0 Å². The van der Waals surface area contributed by atoms with Crippen LogP contribution in [0.5, 0.6) is 0 Å². The van der Waals surface area contributed by atoms with Gasteiger partial charge in [0.25, 0.3) is 0 Å². The topological polar surface area (TPSA) is 29.1 Å². The van der Waals surface area contributed by atoms with Crippen LogP contribution in [-0.4, -0.2) is 17.3 Å². The van der Waals surface area contributed by atoms with Crippen LogP contribution in [0.4, 0.5) is 0 Å². The number of nitrogens with one attached hydrogen (secondary N) is 1. The molecule has 0 bridgehead atoms. The standard InChI is InChI=1S/C12H20BrNO/c1-8(3-2-4-13)14-12(15)11-6-9-5-10(9)7-11/h8-11H,2-7H2,1H3,(H,14,15). The minimum absolute atomic E-state index is 0.310. The summed E-state index contributed by atoms with van der Waals surface area (Å²) in [5.74, 6) is 2.45. The molecule has 2 nitrogen and oxygen atoms in total. The quantitative estimate of drug-likeness (QED) is 0.767. The first kappa shape index (κ1) is 11.4. The first-order chi connectivity index (χ1) is 7.20. The second kappa shape index (κ2) is 4.86. The zero-order chi connectivity index (χ0) is 10.8. The molecule has 2 rings (SSSR count). The molecule has 0 aromatic rings. The molecule has 2 saturated carbocycles. The second-order valence-corrected chi connectivity index (χ2v) is 5.96. The first-order valence-electron chi connectivity index (χ1n) is 6.07. The van der Waals surface area contributed by atoms with Crippen molar-refractivity contribution in [2.75, 3.05) is 5.33 Å². The Hall–Kier alpha value is -0.0500. The van der Waals surface area contributed by atoms with Crippen molar-refractivity contribution in [1.82, 2.24) is 5.32 Å². The zero-order valence-corrected chi connectivity index (χ0v) is 10.9. The number of hydrogen-bond acceptors (Lipinski definition) is 1. The Labute approximate surface area is 100 Å². The van der Waals surface area contributed by atoms with Crippen molar-refractivity contribution >= 4 is 21.8 Å². The maximum absolute atomic E-state index is 11.9. The van der Waals surface area contributed by atoms with Gasteiger partial charge in [0.2, 0.25) is 5.91 Å². The summed E-state index contributed by atoms with van der Waals surface area (Å²) in [5.41, 5.74) is 0. The molecule has 0 heterocycles. The minimum Gasteiger partial charge on any atom is -0.353 e. The molecule has 2 aliphatic carbocycles. The van der Waals surface area contributed by atoms with Gasteiger partial charge in [0.05, 0.1) is 0 Å². The van der Waals surface area contributed by atoms with Crippen molar-refractivity contribution in [2.24, 2.45) is 17.8 Å². The van der Waals surface area contributed by atoms with Crippen LogP contribution in [0.1, 0.15) is 39.0 Å². The molecule has 15 heavy (non-hydrogen) atoms. The van der Waals surface area contributed by atoms with Crippen LogP contribution in [-0.2, 0) is 4.79 Å². The molecule has 1 amide bonds. The second-order valence-electron chi connectivity index (χ2n) is 5.17. The molecule has 0 aliphatic heterocycles. The highest BCUT2D eigenvalue weighted by Gasteiger charge is 2.47. The lowest BCUT2D eigenvalue weighted by Gasteiger charge is -2.17. The highest BCUT2D eigenvalue weighted by molar-refractivity contribution is 9.09. The van der Waals surface area contributed by atoms with E-state index in [4.69, 9.17) is 0 Å². The molecule has 2 aliphatic rings. The Balaban J connectivity index is 1.67. The SMILES string of the molecule is CC(CCCBr)NC(=O)C1CC2CC2C1. The van der Waals surface area contributed by atoms with Gasteiger partial charge >= 0.3 is 0 Å². The summed E-state index contributed by atoms with van der Waals surface area (Å²) in [7, 11) is 0. The minimum atomic E-state index is 0.310. The predicted molar refractivity (Wildman–Crippen MR) is 65.0 cm³/mol. The van der Waals surface area contributed by atoms with Crippen molar-refractivity contribution in [2.45, 2.75) is 45.1 Å². The van der Waals surface area contributed by atoms with Crippen LogP contribution in [0.3, 0.4) is 0 Å². The third-order valence-electron chi connectivity index (χ3n) is 3.77. The zero-order valence-electron chi connectivity index (χ0n) is 9.34. The fraction of sp³-hybridized carbons (Fsp3) is 0.917. The fourth-order valence-corrected chi connectivity index (χ4v) is 3.07. The van der Waals surface area contributed by atoms with Crippen molar-refractivity contribution < 1.29 is 4.79 Å². The van der Waals surface area contributed by atoms with Gasteiger partial charge in [0.15, 0.2) is 0 Å². The summed E-state index contributed by atoms with van der Waals surface area (Å²) in [4.78, 5) is 11.9. The van der Waals surface area contributed by atoms with Crippen molar-refractivity contribution in [3.63, 3.8) is 0 Å². The van der Waals surface area contributed by atoms with Gasteiger partial charge in [-0.3, -0.25) is 4.79 Å². The van der Waals surface area contributed by atoms with E-state index in [2.05, 4.69) is 28.2 Å².